The summed E-state index contributed by atoms with van der Waals surface area (Å²) in [4.78, 5) is -0.348. The fraction of sp³-hybridized carbons (Fsp3) is 0.294. The minimum Gasteiger partial charge on any atom is -0.383 e. The Morgan fingerprint density at radius 1 is 1.00 bits per heavy atom. The molecular weight excluding hydrogens is 320 g/mol. The van der Waals surface area contributed by atoms with Crippen molar-refractivity contribution >= 4 is 15.5 Å². The van der Waals surface area contributed by atoms with Crippen LogP contribution < -0.4 is 5.32 Å². The van der Waals surface area contributed by atoms with E-state index in [9.17, 15) is 17.2 Å². The lowest BCUT2D eigenvalue weighted by atomic mass is 9.96. The Hall–Kier alpha value is -1.95. The van der Waals surface area contributed by atoms with Crippen molar-refractivity contribution in [2.24, 2.45) is 0 Å². The summed E-state index contributed by atoms with van der Waals surface area (Å²) < 4.78 is 49.2. The van der Waals surface area contributed by atoms with Crippen LogP contribution in [-0.2, 0) is 15.3 Å². The molecule has 0 saturated heterocycles. The summed E-state index contributed by atoms with van der Waals surface area (Å²) in [5, 5.41) is 3.06. The van der Waals surface area contributed by atoms with Crippen LogP contribution in [0.4, 0.5) is 14.5 Å². The Balaban J connectivity index is 1.83. The van der Waals surface area contributed by atoms with Gasteiger partial charge in [0.2, 0.25) is 9.84 Å². The molecule has 6 heteroatoms. The highest BCUT2D eigenvalue weighted by Crippen LogP contribution is 2.48. The first kappa shape index (κ1) is 15.9. The van der Waals surface area contributed by atoms with Crippen molar-refractivity contribution in [1.29, 1.82) is 0 Å². The zero-order chi connectivity index (χ0) is 16.5. The van der Waals surface area contributed by atoms with Crippen LogP contribution in [0.15, 0.2) is 59.5 Å². The maximum atomic E-state index is 12.8. The molecule has 3 nitrogen and oxygen atoms in total. The standard InChI is InChI=1S/C17H17F2NO2S/c18-16(19)23(21,22)15-9-5-4-8-14(15)20-12-17(10-11-17)13-6-2-1-3-7-13/h1-9,16,20H,10-12H2. The third-order valence-electron chi connectivity index (χ3n) is 4.29. The summed E-state index contributed by atoms with van der Waals surface area (Å²) in [6, 6.07) is 15.8. The van der Waals surface area contributed by atoms with Gasteiger partial charge in [0.05, 0.1) is 10.6 Å². The van der Waals surface area contributed by atoms with Gasteiger partial charge in [-0.2, -0.15) is 8.78 Å². The maximum absolute atomic E-state index is 12.8. The van der Waals surface area contributed by atoms with E-state index in [1.807, 2.05) is 30.3 Å². The number of anilines is 1. The van der Waals surface area contributed by atoms with Crippen LogP contribution in [0.3, 0.4) is 0 Å². The minimum atomic E-state index is -4.62. The lowest BCUT2D eigenvalue weighted by Crippen LogP contribution is -2.21. The highest BCUT2D eigenvalue weighted by atomic mass is 32.2. The van der Waals surface area contributed by atoms with Gasteiger partial charge in [-0.15, -0.1) is 0 Å². The van der Waals surface area contributed by atoms with Crippen molar-refractivity contribution in [2.75, 3.05) is 11.9 Å². The molecule has 1 aliphatic carbocycles. The molecule has 0 heterocycles. The first-order chi connectivity index (χ1) is 11.0. The first-order valence-electron chi connectivity index (χ1n) is 7.36. The third kappa shape index (κ3) is 3.08. The van der Waals surface area contributed by atoms with Crippen LogP contribution >= 0.6 is 0 Å². The topological polar surface area (TPSA) is 46.2 Å². The summed E-state index contributed by atoms with van der Waals surface area (Å²) in [5.41, 5.74) is 1.37. The van der Waals surface area contributed by atoms with Crippen molar-refractivity contribution in [1.82, 2.24) is 0 Å². The van der Waals surface area contributed by atoms with Crippen LogP contribution in [0.1, 0.15) is 18.4 Å². The molecule has 0 unspecified atom stereocenters. The van der Waals surface area contributed by atoms with Crippen molar-refractivity contribution in [2.45, 2.75) is 28.9 Å². The third-order valence-corrected chi connectivity index (χ3v) is 5.72. The second kappa shape index (κ2) is 5.92. The Morgan fingerprint density at radius 2 is 1.61 bits per heavy atom. The van der Waals surface area contributed by atoms with Gasteiger partial charge in [-0.1, -0.05) is 42.5 Å². The molecule has 3 rings (SSSR count). The van der Waals surface area contributed by atoms with E-state index in [0.717, 1.165) is 12.8 Å². The predicted octanol–water partition coefficient (Wildman–Crippen LogP) is 3.83. The van der Waals surface area contributed by atoms with Crippen LogP contribution in [0.25, 0.3) is 0 Å². The van der Waals surface area contributed by atoms with Crippen LogP contribution in [0.5, 0.6) is 0 Å². The number of hydrogen-bond donors (Lipinski definition) is 1. The molecule has 0 amide bonds. The molecule has 122 valence electrons. The summed E-state index contributed by atoms with van der Waals surface area (Å²) in [7, 11) is -4.62. The number of rotatable bonds is 6. The van der Waals surface area contributed by atoms with Gasteiger partial charge in [-0.25, -0.2) is 8.42 Å². The van der Waals surface area contributed by atoms with E-state index >= 15 is 0 Å². The molecule has 1 N–H and O–H groups in total. The summed E-state index contributed by atoms with van der Waals surface area (Å²) in [5.74, 6) is -3.42. The van der Waals surface area contributed by atoms with Crippen LogP contribution in [0, 0.1) is 0 Å². The smallest absolute Gasteiger partial charge is 0.341 e. The Kier molecular flexibility index (Phi) is 4.10. The number of benzene rings is 2. The molecular formula is C17H17F2NO2S. The summed E-state index contributed by atoms with van der Waals surface area (Å²) in [6.45, 7) is 0.521. The molecule has 0 aromatic heterocycles. The van der Waals surface area contributed by atoms with Crippen LogP contribution in [0.2, 0.25) is 0 Å². The van der Waals surface area contributed by atoms with Gasteiger partial charge in [0.25, 0.3) is 0 Å². The number of hydrogen-bond acceptors (Lipinski definition) is 3. The number of nitrogens with one attached hydrogen (secondary N) is 1. The molecule has 0 bridgehead atoms. The molecule has 23 heavy (non-hydrogen) atoms. The fourth-order valence-electron chi connectivity index (χ4n) is 2.73. The Bertz CT molecular complexity index is 787. The van der Waals surface area contributed by atoms with E-state index in [2.05, 4.69) is 5.32 Å². The number of halogens is 2. The average Bonchev–Trinajstić information content (AvgIpc) is 3.35. The lowest BCUT2D eigenvalue weighted by molar-refractivity contribution is 0.235. The van der Waals surface area contributed by atoms with E-state index in [0.29, 0.717) is 6.54 Å². The summed E-state index contributed by atoms with van der Waals surface area (Å²) >= 11 is 0. The second-order valence-corrected chi connectivity index (χ2v) is 7.69. The van der Waals surface area contributed by atoms with E-state index in [1.54, 1.807) is 6.07 Å². The van der Waals surface area contributed by atoms with Crippen molar-refractivity contribution < 1.29 is 17.2 Å². The molecule has 1 fully saturated rings. The Labute approximate surface area is 134 Å². The van der Waals surface area contributed by atoms with E-state index in [4.69, 9.17) is 0 Å². The molecule has 1 aliphatic rings. The van der Waals surface area contributed by atoms with Gasteiger partial charge in [0, 0.05) is 12.0 Å². The molecule has 2 aromatic carbocycles. The number of sulfone groups is 1. The van der Waals surface area contributed by atoms with Gasteiger partial charge >= 0.3 is 5.76 Å². The van der Waals surface area contributed by atoms with Gasteiger partial charge in [0.1, 0.15) is 0 Å². The lowest BCUT2D eigenvalue weighted by Gasteiger charge is -2.19. The number of alkyl halides is 2. The maximum Gasteiger partial charge on any atom is 0.341 e. The first-order valence-corrected chi connectivity index (χ1v) is 8.91. The largest absolute Gasteiger partial charge is 0.383 e. The number of para-hydroxylation sites is 1. The van der Waals surface area contributed by atoms with E-state index < -0.39 is 15.6 Å². The SMILES string of the molecule is O=S(=O)(c1ccccc1NCC1(c2ccccc2)CC1)C(F)F. The van der Waals surface area contributed by atoms with Crippen LogP contribution in [-0.4, -0.2) is 20.7 Å². The minimum absolute atomic E-state index is 0.0387. The zero-order valence-electron chi connectivity index (χ0n) is 12.4. The molecule has 1 saturated carbocycles. The monoisotopic (exact) mass is 337 g/mol. The quantitative estimate of drug-likeness (QED) is 0.871. The highest BCUT2D eigenvalue weighted by Gasteiger charge is 2.44. The molecule has 0 atom stereocenters. The van der Waals surface area contributed by atoms with Crippen molar-refractivity contribution in [3.63, 3.8) is 0 Å². The van der Waals surface area contributed by atoms with E-state index in [1.165, 1.54) is 23.8 Å². The fourth-order valence-corrected chi connectivity index (χ4v) is 3.64. The molecule has 0 spiro atoms. The molecule has 0 radical (unpaired) electrons. The van der Waals surface area contributed by atoms with Gasteiger partial charge in [0.15, 0.2) is 0 Å². The second-order valence-electron chi connectivity index (χ2n) is 5.80. The summed E-state index contributed by atoms with van der Waals surface area (Å²) in [6.07, 6.45) is 1.99. The van der Waals surface area contributed by atoms with Crippen molar-refractivity contribution in [3.05, 3.63) is 60.2 Å². The highest BCUT2D eigenvalue weighted by molar-refractivity contribution is 7.91. The van der Waals surface area contributed by atoms with Gasteiger partial charge in [-0.3, -0.25) is 0 Å². The van der Waals surface area contributed by atoms with Gasteiger partial charge < -0.3 is 5.32 Å². The molecule has 2 aromatic rings. The van der Waals surface area contributed by atoms with Crippen molar-refractivity contribution in [3.8, 4) is 0 Å². The molecule has 0 aliphatic heterocycles. The normalized spacial score (nSPS) is 16.3. The Morgan fingerprint density at radius 3 is 2.22 bits per heavy atom. The zero-order valence-corrected chi connectivity index (χ0v) is 13.2. The average molecular weight is 337 g/mol. The predicted molar refractivity (Wildman–Crippen MR) is 85.5 cm³/mol. The van der Waals surface area contributed by atoms with E-state index in [-0.39, 0.29) is 16.0 Å². The van der Waals surface area contributed by atoms with Gasteiger partial charge in [-0.05, 0) is 30.5 Å².